The van der Waals surface area contributed by atoms with Crippen LogP contribution in [0, 0.1) is 20.8 Å². The van der Waals surface area contributed by atoms with Crippen LogP contribution in [-0.4, -0.2) is 33.6 Å². The molecular formula is C23H29NO5S. The molecule has 0 aliphatic rings. The van der Waals surface area contributed by atoms with Crippen molar-refractivity contribution in [3.05, 3.63) is 76.9 Å². The third-order valence-electron chi connectivity index (χ3n) is 4.40. The van der Waals surface area contributed by atoms with Gasteiger partial charge >= 0.3 is 5.97 Å². The number of carbonyl (C=O) groups is 1. The highest BCUT2D eigenvalue weighted by molar-refractivity contribution is 7.89. The molecule has 0 bridgehead atoms. The van der Waals surface area contributed by atoms with Crippen molar-refractivity contribution in [2.75, 3.05) is 13.2 Å². The Morgan fingerprint density at radius 2 is 1.73 bits per heavy atom. The quantitative estimate of drug-likeness (QED) is 0.459. The summed E-state index contributed by atoms with van der Waals surface area (Å²) in [4.78, 5) is 12.2. The predicted molar refractivity (Wildman–Crippen MR) is 117 cm³/mol. The highest BCUT2D eigenvalue weighted by Gasteiger charge is 2.21. The Balaban J connectivity index is 1.99. The zero-order chi connectivity index (χ0) is 22.1. The maximum Gasteiger partial charge on any atom is 0.330 e. The molecule has 30 heavy (non-hydrogen) atoms. The van der Waals surface area contributed by atoms with Crippen molar-refractivity contribution in [3.8, 4) is 0 Å². The van der Waals surface area contributed by atoms with Gasteiger partial charge in [0.15, 0.2) is 0 Å². The highest BCUT2D eigenvalue weighted by Crippen LogP contribution is 2.21. The lowest BCUT2D eigenvalue weighted by atomic mass is 10.1. The Labute approximate surface area is 179 Å². The minimum Gasteiger partial charge on any atom is -0.458 e. The Morgan fingerprint density at radius 3 is 2.33 bits per heavy atom. The molecule has 0 fully saturated rings. The molecule has 0 heterocycles. The predicted octanol–water partition coefficient (Wildman–Crippen LogP) is 3.59. The average Bonchev–Trinajstić information content (AvgIpc) is 2.68. The first kappa shape index (κ1) is 23.8. The first-order chi connectivity index (χ1) is 14.2. The van der Waals surface area contributed by atoms with Crippen LogP contribution >= 0.6 is 0 Å². The summed E-state index contributed by atoms with van der Waals surface area (Å²) in [6, 6.07) is 13.0. The number of esters is 1. The summed E-state index contributed by atoms with van der Waals surface area (Å²) < 4.78 is 38.9. The van der Waals surface area contributed by atoms with Crippen molar-refractivity contribution in [2.24, 2.45) is 0 Å². The van der Waals surface area contributed by atoms with E-state index in [0.29, 0.717) is 17.7 Å². The number of hydrogen-bond acceptors (Lipinski definition) is 5. The van der Waals surface area contributed by atoms with Gasteiger partial charge in [0, 0.05) is 19.2 Å². The van der Waals surface area contributed by atoms with E-state index in [1.807, 2.05) is 49.4 Å². The van der Waals surface area contributed by atoms with Gasteiger partial charge < -0.3 is 9.47 Å². The molecule has 0 spiro atoms. The van der Waals surface area contributed by atoms with Crippen LogP contribution in [0.1, 0.15) is 29.2 Å². The Hall–Kier alpha value is -2.48. The number of hydrogen-bond donors (Lipinski definition) is 1. The van der Waals surface area contributed by atoms with Crippen LogP contribution in [0.4, 0.5) is 0 Å². The molecule has 162 valence electrons. The topological polar surface area (TPSA) is 81.7 Å². The minimum atomic E-state index is -3.72. The summed E-state index contributed by atoms with van der Waals surface area (Å²) in [7, 11) is -3.72. The molecule has 0 saturated carbocycles. The van der Waals surface area contributed by atoms with Crippen LogP contribution in [0.2, 0.25) is 0 Å². The van der Waals surface area contributed by atoms with E-state index in [9.17, 15) is 13.2 Å². The van der Waals surface area contributed by atoms with Crippen LogP contribution in [-0.2, 0) is 30.9 Å². The maximum absolute atomic E-state index is 12.8. The fourth-order valence-electron chi connectivity index (χ4n) is 3.21. The normalized spacial score (nSPS) is 12.8. The lowest BCUT2D eigenvalue weighted by Crippen LogP contribution is -2.33. The summed E-state index contributed by atoms with van der Waals surface area (Å²) in [5.74, 6) is -0.517. The molecule has 0 amide bonds. The lowest BCUT2D eigenvalue weighted by Gasteiger charge is -2.17. The second kappa shape index (κ2) is 11.1. The Morgan fingerprint density at radius 1 is 1.10 bits per heavy atom. The average molecular weight is 432 g/mol. The molecule has 1 N–H and O–H groups in total. The number of benzene rings is 2. The van der Waals surface area contributed by atoms with Gasteiger partial charge in [-0.25, -0.2) is 17.9 Å². The molecule has 0 aromatic heterocycles. The molecule has 0 radical (unpaired) electrons. The molecule has 0 aliphatic carbocycles. The third kappa shape index (κ3) is 7.09. The molecular weight excluding hydrogens is 402 g/mol. The maximum atomic E-state index is 12.8. The smallest absolute Gasteiger partial charge is 0.330 e. The largest absolute Gasteiger partial charge is 0.458 e. The third-order valence-corrected chi connectivity index (χ3v) is 6.13. The monoisotopic (exact) mass is 431 g/mol. The van der Waals surface area contributed by atoms with Gasteiger partial charge in [0.2, 0.25) is 10.0 Å². The van der Waals surface area contributed by atoms with Crippen molar-refractivity contribution in [3.63, 3.8) is 0 Å². The van der Waals surface area contributed by atoms with Gasteiger partial charge in [-0.1, -0.05) is 48.0 Å². The van der Waals surface area contributed by atoms with Gasteiger partial charge in [0.05, 0.1) is 11.0 Å². The highest BCUT2D eigenvalue weighted by atomic mass is 32.2. The lowest BCUT2D eigenvalue weighted by molar-refractivity contribution is -0.139. The molecule has 0 aliphatic heterocycles. The molecule has 1 atom stereocenters. The molecule has 2 aromatic carbocycles. The van der Waals surface area contributed by atoms with Gasteiger partial charge in [0.25, 0.3) is 0 Å². The van der Waals surface area contributed by atoms with Crippen molar-refractivity contribution in [2.45, 2.75) is 45.3 Å². The van der Waals surface area contributed by atoms with E-state index in [1.54, 1.807) is 20.8 Å². The van der Waals surface area contributed by atoms with E-state index in [2.05, 4.69) is 4.72 Å². The van der Waals surface area contributed by atoms with Crippen molar-refractivity contribution in [1.82, 2.24) is 4.72 Å². The van der Waals surface area contributed by atoms with Crippen LogP contribution in [0.15, 0.2) is 59.5 Å². The summed E-state index contributed by atoms with van der Waals surface area (Å²) in [6.45, 7) is 7.83. The molecule has 0 saturated heterocycles. The number of rotatable bonds is 10. The van der Waals surface area contributed by atoms with E-state index >= 15 is 0 Å². The Bertz CT molecular complexity index is 961. The van der Waals surface area contributed by atoms with E-state index in [4.69, 9.17) is 9.47 Å². The minimum absolute atomic E-state index is 0.00535. The zero-order valence-electron chi connectivity index (χ0n) is 17.8. The summed E-state index contributed by atoms with van der Waals surface area (Å²) in [5, 5.41) is 0. The number of carbonyl (C=O) groups excluding carboxylic acids is 1. The van der Waals surface area contributed by atoms with Crippen LogP contribution in [0.5, 0.6) is 0 Å². The van der Waals surface area contributed by atoms with E-state index in [1.165, 1.54) is 12.2 Å². The van der Waals surface area contributed by atoms with E-state index < -0.39 is 22.1 Å². The van der Waals surface area contributed by atoms with Gasteiger partial charge in [-0.15, -0.1) is 0 Å². The number of sulfonamides is 1. The fraction of sp³-hybridized carbons (Fsp3) is 0.348. The van der Waals surface area contributed by atoms with Gasteiger partial charge in [0.1, 0.15) is 6.61 Å². The van der Waals surface area contributed by atoms with Crippen molar-refractivity contribution < 1.29 is 22.7 Å². The number of ether oxygens (including phenoxy) is 2. The second-order valence-electron chi connectivity index (χ2n) is 7.03. The van der Waals surface area contributed by atoms with Crippen LogP contribution < -0.4 is 4.72 Å². The van der Waals surface area contributed by atoms with Crippen molar-refractivity contribution in [1.29, 1.82) is 0 Å². The first-order valence-corrected chi connectivity index (χ1v) is 11.3. The van der Waals surface area contributed by atoms with Crippen LogP contribution in [0.25, 0.3) is 0 Å². The van der Waals surface area contributed by atoms with Crippen LogP contribution in [0.3, 0.4) is 0 Å². The SMILES string of the molecule is CCO[C@@H](/C=C/C(=O)OCc1ccccc1)CNS(=O)(=O)c1c(C)cc(C)cc1C. The number of aryl methyl sites for hydroxylation is 3. The molecule has 2 aromatic rings. The zero-order valence-corrected chi connectivity index (χ0v) is 18.7. The summed E-state index contributed by atoms with van der Waals surface area (Å²) in [5.41, 5.74) is 3.27. The Kier molecular flexibility index (Phi) is 8.77. The fourth-order valence-corrected chi connectivity index (χ4v) is 4.71. The standard InChI is InChI=1S/C23H29NO5S/c1-5-28-21(11-12-22(25)29-16-20-9-7-6-8-10-20)15-24-30(26,27)23-18(3)13-17(2)14-19(23)4/h6-14,21,24H,5,15-16H2,1-4H3/b12-11+/t21-/m0/s1. The molecule has 7 heteroatoms. The first-order valence-electron chi connectivity index (χ1n) is 9.81. The molecule has 6 nitrogen and oxygen atoms in total. The second-order valence-corrected chi connectivity index (χ2v) is 8.73. The molecule has 2 rings (SSSR count). The van der Waals surface area contributed by atoms with Gasteiger partial charge in [-0.3, -0.25) is 0 Å². The van der Waals surface area contributed by atoms with E-state index in [-0.39, 0.29) is 18.0 Å². The number of nitrogens with one attached hydrogen (secondary N) is 1. The van der Waals surface area contributed by atoms with Gasteiger partial charge in [-0.05, 0) is 50.5 Å². The summed E-state index contributed by atoms with van der Waals surface area (Å²) >= 11 is 0. The summed E-state index contributed by atoms with van der Waals surface area (Å²) in [6.07, 6.45) is 2.17. The van der Waals surface area contributed by atoms with Crippen molar-refractivity contribution >= 4 is 16.0 Å². The molecule has 0 unspecified atom stereocenters. The van der Waals surface area contributed by atoms with E-state index in [0.717, 1.165) is 11.1 Å². The van der Waals surface area contributed by atoms with Gasteiger partial charge in [-0.2, -0.15) is 0 Å².